The van der Waals surface area contributed by atoms with Crippen LogP contribution in [-0.4, -0.2) is 51.8 Å². The van der Waals surface area contributed by atoms with Crippen molar-refractivity contribution in [1.82, 2.24) is 0 Å². The average molecular weight is 395 g/mol. The molecular weight excluding hydrogens is 370 g/mol. The maximum absolute atomic E-state index is 12.6. The summed E-state index contributed by atoms with van der Waals surface area (Å²) in [5.41, 5.74) is 3.04. The van der Waals surface area contributed by atoms with Gasteiger partial charge in [-0.05, 0) is 42.8 Å². The summed E-state index contributed by atoms with van der Waals surface area (Å²) in [6.45, 7) is 3.86. The van der Waals surface area contributed by atoms with Crippen molar-refractivity contribution in [2.24, 2.45) is 0 Å². The third kappa shape index (κ3) is 4.19. The first-order valence-electron chi connectivity index (χ1n) is 9.88. The summed E-state index contributed by atoms with van der Waals surface area (Å²) >= 11 is 0. The van der Waals surface area contributed by atoms with Crippen molar-refractivity contribution in [1.29, 1.82) is 0 Å². The Morgan fingerprint density at radius 2 is 1.83 bits per heavy atom. The standard InChI is InChI=1S/C22H25N3O4/c1-28-20-15-17(6-9-19(20)25-10-2-3-21(25)26)23-22(27)16-4-7-18(8-5-16)24-11-13-29-14-12-24/h4-9,15H,2-3,10-14H2,1H3,(H,23,27). The fraction of sp³-hybridized carbons (Fsp3) is 0.364. The topological polar surface area (TPSA) is 71.1 Å². The number of hydrogen-bond donors (Lipinski definition) is 1. The Hall–Kier alpha value is -3.06. The highest BCUT2D eigenvalue weighted by Crippen LogP contribution is 2.34. The molecule has 4 rings (SSSR count). The number of anilines is 3. The van der Waals surface area contributed by atoms with E-state index in [0.29, 0.717) is 30.0 Å². The smallest absolute Gasteiger partial charge is 0.255 e. The molecule has 2 aliphatic rings. The Balaban J connectivity index is 1.45. The van der Waals surface area contributed by atoms with Gasteiger partial charge in [0.1, 0.15) is 5.75 Å². The highest BCUT2D eigenvalue weighted by Gasteiger charge is 2.24. The maximum atomic E-state index is 12.6. The van der Waals surface area contributed by atoms with Gasteiger partial charge in [-0.2, -0.15) is 0 Å². The van der Waals surface area contributed by atoms with Crippen LogP contribution in [0.5, 0.6) is 5.75 Å². The van der Waals surface area contributed by atoms with Crippen LogP contribution in [-0.2, 0) is 9.53 Å². The molecule has 2 saturated heterocycles. The Morgan fingerprint density at radius 3 is 2.48 bits per heavy atom. The molecular formula is C22H25N3O4. The summed E-state index contributed by atoms with van der Waals surface area (Å²) in [5, 5.41) is 2.90. The van der Waals surface area contributed by atoms with Gasteiger partial charge in [-0.1, -0.05) is 0 Å². The maximum Gasteiger partial charge on any atom is 0.255 e. The molecule has 152 valence electrons. The molecule has 2 aromatic carbocycles. The van der Waals surface area contributed by atoms with Crippen LogP contribution in [0.1, 0.15) is 23.2 Å². The number of nitrogens with one attached hydrogen (secondary N) is 1. The lowest BCUT2D eigenvalue weighted by atomic mass is 10.1. The van der Waals surface area contributed by atoms with Gasteiger partial charge in [0, 0.05) is 49.1 Å². The molecule has 0 bridgehead atoms. The van der Waals surface area contributed by atoms with Gasteiger partial charge >= 0.3 is 0 Å². The van der Waals surface area contributed by atoms with E-state index in [4.69, 9.17) is 9.47 Å². The van der Waals surface area contributed by atoms with E-state index < -0.39 is 0 Å². The predicted molar refractivity (Wildman–Crippen MR) is 112 cm³/mol. The van der Waals surface area contributed by atoms with Crippen LogP contribution in [0.25, 0.3) is 0 Å². The summed E-state index contributed by atoms with van der Waals surface area (Å²) in [4.78, 5) is 28.6. The van der Waals surface area contributed by atoms with E-state index in [2.05, 4.69) is 10.2 Å². The number of hydrogen-bond acceptors (Lipinski definition) is 5. The molecule has 2 aliphatic heterocycles. The van der Waals surface area contributed by atoms with Gasteiger partial charge in [-0.15, -0.1) is 0 Å². The van der Waals surface area contributed by atoms with Crippen molar-refractivity contribution in [2.75, 3.05) is 55.1 Å². The van der Waals surface area contributed by atoms with Crippen molar-refractivity contribution >= 4 is 28.9 Å². The largest absolute Gasteiger partial charge is 0.494 e. The number of methoxy groups -OCH3 is 1. The molecule has 7 nitrogen and oxygen atoms in total. The van der Waals surface area contributed by atoms with E-state index in [0.717, 1.165) is 44.1 Å². The van der Waals surface area contributed by atoms with E-state index in [-0.39, 0.29) is 11.8 Å². The molecule has 0 radical (unpaired) electrons. The highest BCUT2D eigenvalue weighted by molar-refractivity contribution is 6.05. The average Bonchev–Trinajstić information content (AvgIpc) is 3.20. The zero-order valence-corrected chi connectivity index (χ0v) is 16.5. The normalized spacial score (nSPS) is 16.8. The lowest BCUT2D eigenvalue weighted by molar-refractivity contribution is -0.117. The molecule has 0 spiro atoms. The Kier molecular flexibility index (Phi) is 5.67. The lowest BCUT2D eigenvalue weighted by Crippen LogP contribution is -2.36. The molecule has 29 heavy (non-hydrogen) atoms. The monoisotopic (exact) mass is 395 g/mol. The van der Waals surface area contributed by atoms with Crippen molar-refractivity contribution in [3.63, 3.8) is 0 Å². The van der Waals surface area contributed by atoms with Gasteiger partial charge in [0.2, 0.25) is 5.91 Å². The molecule has 0 atom stereocenters. The molecule has 0 saturated carbocycles. The third-order valence-electron chi connectivity index (χ3n) is 5.31. The van der Waals surface area contributed by atoms with Crippen molar-refractivity contribution in [3.05, 3.63) is 48.0 Å². The fourth-order valence-electron chi connectivity index (χ4n) is 3.73. The van der Waals surface area contributed by atoms with Gasteiger partial charge in [0.05, 0.1) is 26.0 Å². The van der Waals surface area contributed by atoms with E-state index in [1.165, 1.54) is 0 Å². The predicted octanol–water partition coefficient (Wildman–Crippen LogP) is 2.91. The number of rotatable bonds is 5. The highest BCUT2D eigenvalue weighted by atomic mass is 16.5. The van der Waals surface area contributed by atoms with Crippen LogP contribution >= 0.6 is 0 Å². The Morgan fingerprint density at radius 1 is 1.07 bits per heavy atom. The van der Waals surface area contributed by atoms with Crippen LogP contribution in [0.2, 0.25) is 0 Å². The first-order chi connectivity index (χ1) is 14.2. The van der Waals surface area contributed by atoms with Gasteiger partial charge in [-0.25, -0.2) is 0 Å². The zero-order valence-electron chi connectivity index (χ0n) is 16.5. The second-order valence-corrected chi connectivity index (χ2v) is 7.14. The summed E-state index contributed by atoms with van der Waals surface area (Å²) in [6, 6.07) is 12.9. The zero-order chi connectivity index (χ0) is 20.2. The number of morpholine rings is 1. The number of nitrogens with zero attached hydrogens (tertiary/aromatic N) is 2. The van der Waals surface area contributed by atoms with Gasteiger partial charge in [-0.3, -0.25) is 9.59 Å². The Labute approximate surface area is 170 Å². The molecule has 7 heteroatoms. The van der Waals surface area contributed by atoms with Crippen LogP contribution in [0, 0.1) is 0 Å². The van der Waals surface area contributed by atoms with Crippen LogP contribution in [0.4, 0.5) is 17.1 Å². The molecule has 0 unspecified atom stereocenters. The first kappa shape index (κ1) is 19.3. The summed E-state index contributed by atoms with van der Waals surface area (Å²) in [6.07, 6.45) is 1.41. The Bertz CT molecular complexity index is 891. The van der Waals surface area contributed by atoms with E-state index in [1.807, 2.05) is 30.3 Å². The second-order valence-electron chi connectivity index (χ2n) is 7.14. The number of ether oxygens (including phenoxy) is 2. The molecule has 0 aromatic heterocycles. The van der Waals surface area contributed by atoms with E-state index in [1.54, 1.807) is 24.1 Å². The fourth-order valence-corrected chi connectivity index (χ4v) is 3.73. The number of amides is 2. The quantitative estimate of drug-likeness (QED) is 0.843. The SMILES string of the molecule is COc1cc(NC(=O)c2ccc(N3CCOCC3)cc2)ccc1N1CCCC1=O. The molecule has 2 fully saturated rings. The lowest BCUT2D eigenvalue weighted by Gasteiger charge is -2.28. The molecule has 2 amide bonds. The van der Waals surface area contributed by atoms with Crippen molar-refractivity contribution in [2.45, 2.75) is 12.8 Å². The number of benzene rings is 2. The van der Waals surface area contributed by atoms with Gasteiger partial charge < -0.3 is 24.6 Å². The van der Waals surface area contributed by atoms with Crippen LogP contribution in [0.15, 0.2) is 42.5 Å². The minimum atomic E-state index is -0.189. The summed E-state index contributed by atoms with van der Waals surface area (Å²) < 4.78 is 10.8. The van der Waals surface area contributed by atoms with Crippen molar-refractivity contribution in [3.8, 4) is 5.75 Å². The minimum absolute atomic E-state index is 0.0976. The minimum Gasteiger partial charge on any atom is -0.494 e. The first-order valence-corrected chi connectivity index (χ1v) is 9.88. The molecule has 0 aliphatic carbocycles. The molecule has 2 heterocycles. The van der Waals surface area contributed by atoms with E-state index in [9.17, 15) is 9.59 Å². The van der Waals surface area contributed by atoms with Crippen molar-refractivity contribution < 1.29 is 19.1 Å². The van der Waals surface area contributed by atoms with Gasteiger partial charge in [0.15, 0.2) is 0 Å². The van der Waals surface area contributed by atoms with Crippen LogP contribution < -0.4 is 19.9 Å². The van der Waals surface area contributed by atoms with Gasteiger partial charge in [0.25, 0.3) is 5.91 Å². The number of carbonyl (C=O) groups excluding carboxylic acids is 2. The van der Waals surface area contributed by atoms with E-state index >= 15 is 0 Å². The second kappa shape index (κ2) is 8.53. The molecule has 1 N–H and O–H groups in total. The number of carbonyl (C=O) groups is 2. The molecule has 2 aromatic rings. The third-order valence-corrected chi connectivity index (χ3v) is 5.31. The van der Waals surface area contributed by atoms with Crippen LogP contribution in [0.3, 0.4) is 0 Å². The summed E-state index contributed by atoms with van der Waals surface area (Å²) in [5.74, 6) is 0.478. The summed E-state index contributed by atoms with van der Waals surface area (Å²) in [7, 11) is 1.56.